The summed E-state index contributed by atoms with van der Waals surface area (Å²) in [5.41, 5.74) is 5.19. The van der Waals surface area contributed by atoms with Crippen LogP contribution in [-0.4, -0.2) is 59.6 Å². The summed E-state index contributed by atoms with van der Waals surface area (Å²) < 4.78 is 5.42. The molecule has 3 N–H and O–H groups in total. The molecule has 3 amide bonds. The number of ether oxygens (including phenoxy) is 1. The highest BCUT2D eigenvalue weighted by Crippen LogP contribution is 2.17. The highest BCUT2D eigenvalue weighted by molar-refractivity contribution is 5.77. The zero-order chi connectivity index (χ0) is 15.2. The Labute approximate surface area is 122 Å². The van der Waals surface area contributed by atoms with Gasteiger partial charge in [0.05, 0.1) is 13.0 Å². The van der Waals surface area contributed by atoms with E-state index in [0.29, 0.717) is 31.9 Å². The van der Waals surface area contributed by atoms with Crippen molar-refractivity contribution in [2.75, 3.05) is 32.8 Å². The number of nitrogens with zero attached hydrogens (tertiary/aromatic N) is 2. The Kier molecular flexibility index (Phi) is 4.86. The lowest BCUT2D eigenvalue weighted by atomic mass is 10.3. The second-order valence-corrected chi connectivity index (χ2v) is 4.80. The van der Waals surface area contributed by atoms with Gasteiger partial charge in [0.2, 0.25) is 5.91 Å². The monoisotopic (exact) mass is 293 g/mol. The van der Waals surface area contributed by atoms with Gasteiger partial charge in [-0.3, -0.25) is 4.79 Å². The van der Waals surface area contributed by atoms with Crippen LogP contribution in [0.2, 0.25) is 0 Å². The molecular formula is C14H19N3O4. The van der Waals surface area contributed by atoms with E-state index in [1.807, 2.05) is 0 Å². The second-order valence-electron chi connectivity index (χ2n) is 4.80. The smallest absolute Gasteiger partial charge is 0.314 e. The van der Waals surface area contributed by atoms with Gasteiger partial charge in [0.15, 0.2) is 0 Å². The molecule has 0 radical (unpaired) electrons. The Hall–Kier alpha value is -2.44. The fraction of sp³-hybridized carbons (Fsp3) is 0.429. The zero-order valence-corrected chi connectivity index (χ0v) is 11.7. The summed E-state index contributed by atoms with van der Waals surface area (Å²) in [5.74, 6) is 0.641. The molecule has 0 unspecified atom stereocenters. The van der Waals surface area contributed by atoms with Crippen LogP contribution in [0.5, 0.6) is 11.5 Å². The predicted octanol–water partition coefficient (Wildman–Crippen LogP) is 0.384. The first-order valence-electron chi connectivity index (χ1n) is 6.80. The topological polar surface area (TPSA) is 96.1 Å². The molecule has 114 valence electrons. The summed E-state index contributed by atoms with van der Waals surface area (Å²) in [6.45, 7) is 2.17. The van der Waals surface area contributed by atoms with Crippen molar-refractivity contribution < 1.29 is 19.4 Å². The molecule has 0 aromatic heterocycles. The van der Waals surface area contributed by atoms with E-state index in [1.165, 1.54) is 11.0 Å². The van der Waals surface area contributed by atoms with Gasteiger partial charge in [0, 0.05) is 32.2 Å². The Bertz CT molecular complexity index is 513. The molecule has 1 aromatic rings. The second kappa shape index (κ2) is 6.83. The average Bonchev–Trinajstić information content (AvgIpc) is 2.47. The molecule has 0 saturated carbocycles. The molecule has 7 heteroatoms. The van der Waals surface area contributed by atoms with Crippen LogP contribution < -0.4 is 10.5 Å². The molecule has 1 aliphatic heterocycles. The van der Waals surface area contributed by atoms with Gasteiger partial charge in [0.25, 0.3) is 0 Å². The molecule has 7 nitrogen and oxygen atoms in total. The van der Waals surface area contributed by atoms with Crippen molar-refractivity contribution in [1.82, 2.24) is 9.80 Å². The van der Waals surface area contributed by atoms with Crippen molar-refractivity contribution in [2.24, 2.45) is 5.73 Å². The number of nitrogens with two attached hydrogens (primary N) is 1. The number of hydrogen-bond donors (Lipinski definition) is 2. The fourth-order valence-electron chi connectivity index (χ4n) is 2.16. The van der Waals surface area contributed by atoms with Crippen LogP contribution in [0.3, 0.4) is 0 Å². The van der Waals surface area contributed by atoms with Crippen molar-refractivity contribution in [2.45, 2.75) is 6.42 Å². The van der Waals surface area contributed by atoms with Gasteiger partial charge in [-0.1, -0.05) is 6.07 Å². The lowest BCUT2D eigenvalue weighted by molar-refractivity contribution is -0.133. The van der Waals surface area contributed by atoms with Crippen LogP contribution in [-0.2, 0) is 4.79 Å². The number of carbonyl (C=O) groups is 2. The molecule has 21 heavy (non-hydrogen) atoms. The van der Waals surface area contributed by atoms with E-state index >= 15 is 0 Å². The van der Waals surface area contributed by atoms with Crippen LogP contribution >= 0.6 is 0 Å². The maximum atomic E-state index is 12.0. The highest BCUT2D eigenvalue weighted by atomic mass is 16.5. The van der Waals surface area contributed by atoms with Crippen molar-refractivity contribution >= 4 is 11.9 Å². The van der Waals surface area contributed by atoms with E-state index in [2.05, 4.69) is 0 Å². The van der Waals surface area contributed by atoms with Crippen LogP contribution in [0, 0.1) is 0 Å². The Morgan fingerprint density at radius 3 is 2.48 bits per heavy atom. The number of phenols is 1. The van der Waals surface area contributed by atoms with Crippen molar-refractivity contribution in [3.05, 3.63) is 24.3 Å². The van der Waals surface area contributed by atoms with Gasteiger partial charge < -0.3 is 25.4 Å². The van der Waals surface area contributed by atoms with E-state index in [1.54, 1.807) is 23.1 Å². The van der Waals surface area contributed by atoms with Gasteiger partial charge in [-0.2, -0.15) is 0 Å². The van der Waals surface area contributed by atoms with Crippen LogP contribution in [0.4, 0.5) is 4.79 Å². The summed E-state index contributed by atoms with van der Waals surface area (Å²) in [6.07, 6.45) is 0.256. The molecule has 1 heterocycles. The number of primary amides is 1. The number of carbonyl (C=O) groups excluding carboxylic acids is 2. The molecule has 1 aliphatic rings. The van der Waals surface area contributed by atoms with E-state index in [-0.39, 0.29) is 24.7 Å². The quantitative estimate of drug-likeness (QED) is 0.839. The van der Waals surface area contributed by atoms with Gasteiger partial charge >= 0.3 is 6.03 Å². The van der Waals surface area contributed by atoms with Crippen LogP contribution in [0.1, 0.15) is 6.42 Å². The largest absolute Gasteiger partial charge is 0.508 e. The molecule has 0 spiro atoms. The summed E-state index contributed by atoms with van der Waals surface area (Å²) in [5, 5.41) is 9.30. The van der Waals surface area contributed by atoms with Crippen LogP contribution in [0.15, 0.2) is 24.3 Å². The molecule has 2 rings (SSSR count). The minimum absolute atomic E-state index is 0.0146. The third-order valence-electron chi connectivity index (χ3n) is 3.35. The SMILES string of the molecule is NC(=O)N1CCN(C(=O)CCOc2cccc(O)c2)CC1. The molecule has 1 saturated heterocycles. The number of urea groups is 1. The molecule has 1 fully saturated rings. The summed E-state index contributed by atoms with van der Waals surface area (Å²) in [4.78, 5) is 26.2. The van der Waals surface area contributed by atoms with Gasteiger partial charge in [-0.25, -0.2) is 4.79 Å². The highest BCUT2D eigenvalue weighted by Gasteiger charge is 2.22. The number of phenolic OH excluding ortho intramolecular Hbond substituents is 1. The first-order chi connectivity index (χ1) is 10.1. The minimum atomic E-state index is -0.450. The number of aromatic hydroxyl groups is 1. The van der Waals surface area contributed by atoms with Crippen LogP contribution in [0.25, 0.3) is 0 Å². The Morgan fingerprint density at radius 1 is 1.19 bits per heavy atom. The normalized spacial score (nSPS) is 14.9. The average molecular weight is 293 g/mol. The molecule has 0 bridgehead atoms. The summed E-state index contributed by atoms with van der Waals surface area (Å²) >= 11 is 0. The fourth-order valence-corrected chi connectivity index (χ4v) is 2.16. The summed E-state index contributed by atoms with van der Waals surface area (Å²) in [7, 11) is 0. The van der Waals surface area contributed by atoms with Crippen molar-refractivity contribution in [1.29, 1.82) is 0 Å². The number of piperazine rings is 1. The maximum Gasteiger partial charge on any atom is 0.314 e. The summed E-state index contributed by atoms with van der Waals surface area (Å²) in [6, 6.07) is 5.99. The third-order valence-corrected chi connectivity index (χ3v) is 3.35. The van der Waals surface area contributed by atoms with Gasteiger partial charge in [-0.15, -0.1) is 0 Å². The molecule has 1 aromatic carbocycles. The Morgan fingerprint density at radius 2 is 1.86 bits per heavy atom. The number of rotatable bonds is 4. The maximum absolute atomic E-state index is 12.0. The predicted molar refractivity (Wildman–Crippen MR) is 76.0 cm³/mol. The van der Waals surface area contributed by atoms with E-state index in [0.717, 1.165) is 0 Å². The Balaban J connectivity index is 1.72. The molecule has 0 aliphatic carbocycles. The number of benzene rings is 1. The van der Waals surface area contributed by atoms with E-state index in [9.17, 15) is 14.7 Å². The van der Waals surface area contributed by atoms with Crippen molar-refractivity contribution in [3.8, 4) is 11.5 Å². The third kappa shape index (κ3) is 4.27. The molecule has 0 atom stereocenters. The minimum Gasteiger partial charge on any atom is -0.508 e. The van der Waals surface area contributed by atoms with Crippen molar-refractivity contribution in [3.63, 3.8) is 0 Å². The first-order valence-corrected chi connectivity index (χ1v) is 6.80. The van der Waals surface area contributed by atoms with Gasteiger partial charge in [0.1, 0.15) is 11.5 Å². The van der Waals surface area contributed by atoms with E-state index < -0.39 is 6.03 Å². The standard InChI is InChI=1S/C14H19N3O4/c15-14(20)17-7-5-16(6-8-17)13(19)4-9-21-12-3-1-2-11(18)10-12/h1-3,10,18H,4-9H2,(H2,15,20). The van der Waals surface area contributed by atoms with Gasteiger partial charge in [-0.05, 0) is 12.1 Å². The number of amides is 3. The zero-order valence-electron chi connectivity index (χ0n) is 11.7. The lowest BCUT2D eigenvalue weighted by Crippen LogP contribution is -2.52. The molecular weight excluding hydrogens is 274 g/mol. The van der Waals surface area contributed by atoms with E-state index in [4.69, 9.17) is 10.5 Å². The number of hydrogen-bond acceptors (Lipinski definition) is 4. The first kappa shape index (κ1) is 15.0. The lowest BCUT2D eigenvalue weighted by Gasteiger charge is -2.33.